The van der Waals surface area contributed by atoms with E-state index in [1.807, 2.05) is 12.1 Å². The van der Waals surface area contributed by atoms with Crippen LogP contribution in [0.5, 0.6) is 0 Å². The van der Waals surface area contributed by atoms with Crippen molar-refractivity contribution in [3.63, 3.8) is 0 Å². The summed E-state index contributed by atoms with van der Waals surface area (Å²) >= 11 is 0. The fourth-order valence-electron chi connectivity index (χ4n) is 2.66. The van der Waals surface area contributed by atoms with E-state index in [0.717, 1.165) is 30.0 Å². The summed E-state index contributed by atoms with van der Waals surface area (Å²) in [6.07, 6.45) is 6.38. The number of hydrogen-bond acceptors (Lipinski definition) is 5. The standard InChI is InChI=1S/C20H15NO5S/c1-3-25-27(23,24)19(21-2)13-17-11-16-10-14-8-6-4-5-7-9-15(14)12-18(16)26-20(17)22/h4-5,10-13H,3,6,8H2,1H3/b5-4-,19-13-. The number of nitrogens with zero attached hydrogens (tertiary/aromatic N) is 1. The van der Waals surface area contributed by atoms with Gasteiger partial charge in [0.2, 0.25) is 0 Å². The summed E-state index contributed by atoms with van der Waals surface area (Å²) in [5, 5.41) is -0.0395. The summed E-state index contributed by atoms with van der Waals surface area (Å²) in [5.41, 5.74) is 1.38. The van der Waals surface area contributed by atoms with E-state index in [-0.39, 0.29) is 12.2 Å². The maximum atomic E-state index is 12.3. The predicted molar refractivity (Wildman–Crippen MR) is 102 cm³/mol. The molecule has 1 aliphatic rings. The van der Waals surface area contributed by atoms with Gasteiger partial charge in [0, 0.05) is 10.9 Å². The molecule has 7 heteroatoms. The molecule has 1 aromatic heterocycles. The van der Waals surface area contributed by atoms with Gasteiger partial charge in [-0.3, -0.25) is 4.18 Å². The quantitative estimate of drug-likeness (QED) is 0.352. The lowest BCUT2D eigenvalue weighted by Gasteiger charge is -2.07. The minimum atomic E-state index is -4.21. The average molecular weight is 381 g/mol. The second-order valence-electron chi connectivity index (χ2n) is 5.70. The molecule has 0 saturated heterocycles. The highest BCUT2D eigenvalue weighted by atomic mass is 32.2. The number of rotatable bonds is 4. The lowest BCUT2D eigenvalue weighted by Crippen LogP contribution is -2.09. The summed E-state index contributed by atoms with van der Waals surface area (Å²) in [4.78, 5) is 15.2. The Morgan fingerprint density at radius 3 is 2.96 bits per heavy atom. The van der Waals surface area contributed by atoms with Crippen molar-refractivity contribution in [2.24, 2.45) is 0 Å². The van der Waals surface area contributed by atoms with E-state index in [1.54, 1.807) is 12.1 Å². The summed E-state index contributed by atoms with van der Waals surface area (Å²) in [6.45, 7) is 8.48. The molecular weight excluding hydrogens is 366 g/mol. The molecule has 1 aromatic carbocycles. The first-order valence-corrected chi connectivity index (χ1v) is 9.61. The smallest absolute Gasteiger partial charge is 0.342 e. The Balaban J connectivity index is 2.16. The third kappa shape index (κ3) is 4.01. The van der Waals surface area contributed by atoms with Crippen LogP contribution in [0.4, 0.5) is 0 Å². The molecule has 1 aliphatic carbocycles. The van der Waals surface area contributed by atoms with Crippen LogP contribution in [-0.2, 0) is 20.7 Å². The number of fused-ring (bicyclic) bond motifs is 2. The van der Waals surface area contributed by atoms with Crippen LogP contribution in [0.15, 0.2) is 44.6 Å². The van der Waals surface area contributed by atoms with Crippen LogP contribution in [0.3, 0.4) is 0 Å². The zero-order chi connectivity index (χ0) is 19.4. The van der Waals surface area contributed by atoms with Crippen LogP contribution >= 0.6 is 0 Å². The average Bonchev–Trinajstić information content (AvgIpc) is 2.60. The van der Waals surface area contributed by atoms with E-state index < -0.39 is 20.8 Å². The van der Waals surface area contributed by atoms with Crippen LogP contribution < -0.4 is 5.63 Å². The molecule has 0 fully saturated rings. The third-order valence-electron chi connectivity index (χ3n) is 3.89. The van der Waals surface area contributed by atoms with E-state index in [1.165, 1.54) is 13.0 Å². The van der Waals surface area contributed by atoms with Crippen molar-refractivity contribution in [2.45, 2.75) is 19.8 Å². The second-order valence-corrected chi connectivity index (χ2v) is 7.26. The summed E-state index contributed by atoms with van der Waals surface area (Å²) < 4.78 is 33.8. The van der Waals surface area contributed by atoms with E-state index in [2.05, 4.69) is 20.9 Å². The summed E-state index contributed by atoms with van der Waals surface area (Å²) in [7, 11) is -4.21. The molecule has 0 N–H and O–H groups in total. The van der Waals surface area contributed by atoms with Gasteiger partial charge in [-0.25, -0.2) is 18.1 Å². The van der Waals surface area contributed by atoms with Gasteiger partial charge < -0.3 is 4.42 Å². The molecular formula is C20H15NO5S. The Kier molecular flexibility index (Phi) is 5.27. The predicted octanol–water partition coefficient (Wildman–Crippen LogP) is 3.23. The van der Waals surface area contributed by atoms with E-state index in [4.69, 9.17) is 11.0 Å². The van der Waals surface area contributed by atoms with Gasteiger partial charge in [0.25, 0.3) is 0 Å². The molecule has 136 valence electrons. The van der Waals surface area contributed by atoms with Gasteiger partial charge in [-0.2, -0.15) is 0 Å². The van der Waals surface area contributed by atoms with Crippen LogP contribution in [0.1, 0.15) is 30.0 Å². The topological polar surface area (TPSA) is 77.9 Å². The minimum absolute atomic E-state index is 0.0337. The molecule has 0 unspecified atom stereocenters. The van der Waals surface area contributed by atoms with Crippen LogP contribution in [0.25, 0.3) is 21.9 Å². The van der Waals surface area contributed by atoms with Crippen LogP contribution in [0.2, 0.25) is 0 Å². The highest BCUT2D eigenvalue weighted by Gasteiger charge is 2.20. The molecule has 0 spiro atoms. The highest BCUT2D eigenvalue weighted by molar-refractivity contribution is 7.91. The molecule has 0 atom stereocenters. The van der Waals surface area contributed by atoms with Crippen molar-refractivity contribution in [1.82, 2.24) is 0 Å². The van der Waals surface area contributed by atoms with Gasteiger partial charge in [0.05, 0.1) is 18.7 Å². The Hall–Kier alpha value is -3.13. The lowest BCUT2D eigenvalue weighted by atomic mass is 9.99. The van der Waals surface area contributed by atoms with Gasteiger partial charge in [-0.15, -0.1) is 0 Å². The van der Waals surface area contributed by atoms with Crippen molar-refractivity contribution < 1.29 is 17.0 Å². The van der Waals surface area contributed by atoms with E-state index in [9.17, 15) is 13.2 Å². The first-order valence-electron chi connectivity index (χ1n) is 8.20. The van der Waals surface area contributed by atoms with Crippen molar-refractivity contribution in [2.75, 3.05) is 6.61 Å². The Bertz CT molecular complexity index is 1230. The van der Waals surface area contributed by atoms with Crippen LogP contribution in [-0.4, -0.2) is 15.0 Å². The molecule has 27 heavy (non-hydrogen) atoms. The fourth-order valence-corrected chi connectivity index (χ4v) is 3.48. The van der Waals surface area contributed by atoms with Gasteiger partial charge in [-0.1, -0.05) is 17.9 Å². The zero-order valence-electron chi connectivity index (χ0n) is 14.5. The van der Waals surface area contributed by atoms with E-state index in [0.29, 0.717) is 11.0 Å². The van der Waals surface area contributed by atoms with Crippen molar-refractivity contribution >= 4 is 27.2 Å². The molecule has 0 bridgehead atoms. The fraction of sp³-hybridized carbons (Fsp3) is 0.200. The van der Waals surface area contributed by atoms with Crippen molar-refractivity contribution in [1.29, 1.82) is 0 Å². The molecule has 1 heterocycles. The van der Waals surface area contributed by atoms with E-state index >= 15 is 0 Å². The molecule has 0 radical (unpaired) electrons. The Morgan fingerprint density at radius 2 is 2.22 bits per heavy atom. The minimum Gasteiger partial charge on any atom is -0.422 e. The summed E-state index contributed by atoms with van der Waals surface area (Å²) in [6, 6.07) is 5.09. The molecule has 0 saturated carbocycles. The number of hydrogen-bond donors (Lipinski definition) is 0. The number of benzene rings is 1. The molecule has 6 nitrogen and oxygen atoms in total. The SMILES string of the molecule is [C-]#[N+]/C(=C/c1cc2cc3c(cc2oc1=O)C#C/C=C\CC3)S(=O)(=O)OCC. The molecule has 3 rings (SSSR count). The monoisotopic (exact) mass is 381 g/mol. The zero-order valence-corrected chi connectivity index (χ0v) is 15.3. The first kappa shape index (κ1) is 18.7. The first-order chi connectivity index (χ1) is 12.9. The second kappa shape index (κ2) is 7.63. The number of aryl methyl sites for hydroxylation is 1. The Morgan fingerprint density at radius 1 is 1.41 bits per heavy atom. The molecule has 0 amide bonds. The van der Waals surface area contributed by atoms with Gasteiger partial charge >= 0.3 is 20.8 Å². The normalized spacial score (nSPS) is 15.0. The van der Waals surface area contributed by atoms with Gasteiger partial charge in [0.15, 0.2) is 0 Å². The third-order valence-corrected chi connectivity index (χ3v) is 5.16. The molecule has 0 aliphatic heterocycles. The molecule has 2 aromatic rings. The van der Waals surface area contributed by atoms with Crippen LogP contribution in [0, 0.1) is 18.4 Å². The lowest BCUT2D eigenvalue weighted by molar-refractivity contribution is 0.343. The maximum absolute atomic E-state index is 12.3. The van der Waals surface area contributed by atoms with Crippen molar-refractivity contribution in [3.8, 4) is 11.8 Å². The van der Waals surface area contributed by atoms with Gasteiger partial charge in [0.1, 0.15) is 5.58 Å². The van der Waals surface area contributed by atoms with Gasteiger partial charge in [-0.05, 0) is 55.7 Å². The summed E-state index contributed by atoms with van der Waals surface area (Å²) in [5.74, 6) is 5.94. The largest absolute Gasteiger partial charge is 0.422 e. The maximum Gasteiger partial charge on any atom is 0.342 e. The Labute approximate surface area is 156 Å². The highest BCUT2D eigenvalue weighted by Crippen LogP contribution is 2.23. The van der Waals surface area contributed by atoms with Crippen molar-refractivity contribution in [3.05, 3.63) is 73.9 Å². The number of allylic oxidation sites excluding steroid dienone is 2.